The topological polar surface area (TPSA) is 38.5 Å². The standard InChI is InChI=1S/C12H18N2O/c13-6-7-14-8-9-15-12(10-14)11-4-2-1-3-5-11/h1-5,12H,6-10,13H2/t12-/m1/s1. The Morgan fingerprint density at radius 1 is 1.33 bits per heavy atom. The van der Waals surface area contributed by atoms with E-state index in [9.17, 15) is 0 Å². The van der Waals surface area contributed by atoms with Crippen LogP contribution in [0.15, 0.2) is 30.3 Å². The minimum atomic E-state index is 0.214. The summed E-state index contributed by atoms with van der Waals surface area (Å²) in [6, 6.07) is 10.4. The molecule has 0 radical (unpaired) electrons. The van der Waals surface area contributed by atoms with E-state index in [4.69, 9.17) is 10.5 Å². The van der Waals surface area contributed by atoms with Crippen molar-refractivity contribution >= 4 is 0 Å². The minimum absolute atomic E-state index is 0.214. The molecule has 1 heterocycles. The maximum atomic E-state index is 5.76. The molecule has 2 N–H and O–H groups in total. The van der Waals surface area contributed by atoms with Crippen LogP contribution in [0.3, 0.4) is 0 Å². The molecule has 0 amide bonds. The van der Waals surface area contributed by atoms with E-state index in [2.05, 4.69) is 29.2 Å². The lowest BCUT2D eigenvalue weighted by Crippen LogP contribution is -2.40. The van der Waals surface area contributed by atoms with Crippen molar-refractivity contribution in [2.75, 3.05) is 32.8 Å². The lowest BCUT2D eigenvalue weighted by molar-refractivity contribution is -0.0288. The van der Waals surface area contributed by atoms with Crippen LogP contribution in [0.2, 0.25) is 0 Å². The van der Waals surface area contributed by atoms with Crippen LogP contribution in [-0.2, 0) is 4.74 Å². The van der Waals surface area contributed by atoms with Gasteiger partial charge in [0.1, 0.15) is 0 Å². The SMILES string of the molecule is NCCN1CCO[C@@H](c2ccccc2)C1. The van der Waals surface area contributed by atoms with Crippen molar-refractivity contribution in [1.29, 1.82) is 0 Å². The van der Waals surface area contributed by atoms with Gasteiger partial charge in [-0.05, 0) is 5.56 Å². The molecule has 1 aliphatic heterocycles. The molecule has 1 aliphatic rings. The maximum Gasteiger partial charge on any atom is 0.0952 e. The number of hydrogen-bond donors (Lipinski definition) is 1. The van der Waals surface area contributed by atoms with E-state index in [0.29, 0.717) is 0 Å². The fraction of sp³-hybridized carbons (Fsp3) is 0.500. The van der Waals surface area contributed by atoms with Gasteiger partial charge in [0.05, 0.1) is 12.7 Å². The zero-order valence-corrected chi connectivity index (χ0v) is 8.93. The van der Waals surface area contributed by atoms with Crippen LogP contribution >= 0.6 is 0 Å². The summed E-state index contributed by atoms with van der Waals surface area (Å²) >= 11 is 0. The summed E-state index contributed by atoms with van der Waals surface area (Å²) in [4.78, 5) is 2.36. The van der Waals surface area contributed by atoms with Crippen LogP contribution in [0, 0.1) is 0 Å². The average molecular weight is 206 g/mol. The highest BCUT2D eigenvalue weighted by Crippen LogP contribution is 2.21. The number of ether oxygens (including phenoxy) is 1. The molecule has 1 aromatic rings. The molecule has 1 saturated heterocycles. The Morgan fingerprint density at radius 2 is 2.13 bits per heavy atom. The predicted molar refractivity (Wildman–Crippen MR) is 60.6 cm³/mol. The normalized spacial score (nSPS) is 22.9. The van der Waals surface area contributed by atoms with Crippen molar-refractivity contribution in [2.24, 2.45) is 5.73 Å². The van der Waals surface area contributed by atoms with Gasteiger partial charge in [-0.3, -0.25) is 4.90 Å². The first-order valence-electron chi connectivity index (χ1n) is 5.49. The highest BCUT2D eigenvalue weighted by atomic mass is 16.5. The van der Waals surface area contributed by atoms with E-state index in [0.717, 1.165) is 32.8 Å². The minimum Gasteiger partial charge on any atom is -0.371 e. The second kappa shape index (κ2) is 5.26. The summed E-state index contributed by atoms with van der Waals surface area (Å²) in [5.74, 6) is 0. The maximum absolute atomic E-state index is 5.76. The van der Waals surface area contributed by atoms with Crippen molar-refractivity contribution in [3.63, 3.8) is 0 Å². The molecule has 0 aromatic heterocycles. The molecule has 0 unspecified atom stereocenters. The molecule has 3 heteroatoms. The molecule has 3 nitrogen and oxygen atoms in total. The zero-order valence-electron chi connectivity index (χ0n) is 8.93. The van der Waals surface area contributed by atoms with Crippen molar-refractivity contribution in [3.8, 4) is 0 Å². The van der Waals surface area contributed by atoms with Crippen LogP contribution in [0.4, 0.5) is 0 Å². The quantitative estimate of drug-likeness (QED) is 0.802. The first-order valence-corrected chi connectivity index (χ1v) is 5.49. The molecule has 0 spiro atoms. The van der Waals surface area contributed by atoms with E-state index in [1.54, 1.807) is 0 Å². The van der Waals surface area contributed by atoms with E-state index < -0.39 is 0 Å². The molecular formula is C12H18N2O. The van der Waals surface area contributed by atoms with E-state index in [1.807, 2.05) is 6.07 Å². The largest absolute Gasteiger partial charge is 0.371 e. The van der Waals surface area contributed by atoms with Crippen LogP contribution in [0.1, 0.15) is 11.7 Å². The van der Waals surface area contributed by atoms with E-state index >= 15 is 0 Å². The van der Waals surface area contributed by atoms with Crippen molar-refractivity contribution in [2.45, 2.75) is 6.10 Å². The lowest BCUT2D eigenvalue weighted by Gasteiger charge is -2.32. The third kappa shape index (κ3) is 2.78. The average Bonchev–Trinajstić information content (AvgIpc) is 2.31. The number of nitrogens with two attached hydrogens (primary N) is 1. The summed E-state index contributed by atoms with van der Waals surface area (Å²) in [5.41, 5.74) is 6.82. The highest BCUT2D eigenvalue weighted by molar-refractivity contribution is 5.18. The van der Waals surface area contributed by atoms with Crippen LogP contribution in [0.5, 0.6) is 0 Å². The Hall–Kier alpha value is -0.900. The summed E-state index contributed by atoms with van der Waals surface area (Å²) in [5, 5.41) is 0. The van der Waals surface area contributed by atoms with Gasteiger partial charge in [0.25, 0.3) is 0 Å². The van der Waals surface area contributed by atoms with Crippen molar-refractivity contribution < 1.29 is 4.74 Å². The number of rotatable bonds is 3. The van der Waals surface area contributed by atoms with Crippen LogP contribution in [-0.4, -0.2) is 37.7 Å². The second-order valence-corrected chi connectivity index (χ2v) is 3.86. The third-order valence-electron chi connectivity index (χ3n) is 2.77. The smallest absolute Gasteiger partial charge is 0.0952 e. The number of benzene rings is 1. The van der Waals surface area contributed by atoms with Gasteiger partial charge >= 0.3 is 0 Å². The molecule has 15 heavy (non-hydrogen) atoms. The third-order valence-corrected chi connectivity index (χ3v) is 2.77. The van der Waals surface area contributed by atoms with E-state index in [-0.39, 0.29) is 6.10 Å². The van der Waals surface area contributed by atoms with Gasteiger partial charge in [-0.15, -0.1) is 0 Å². The molecule has 1 atom stereocenters. The Bertz CT molecular complexity index is 287. The van der Waals surface area contributed by atoms with Gasteiger partial charge in [0.2, 0.25) is 0 Å². The Labute approximate surface area is 90.8 Å². The predicted octanol–water partition coefficient (Wildman–Crippen LogP) is 1.02. The highest BCUT2D eigenvalue weighted by Gasteiger charge is 2.20. The van der Waals surface area contributed by atoms with Crippen LogP contribution in [0.25, 0.3) is 0 Å². The Balaban J connectivity index is 1.98. The van der Waals surface area contributed by atoms with E-state index in [1.165, 1.54) is 5.56 Å². The Morgan fingerprint density at radius 3 is 2.87 bits per heavy atom. The van der Waals surface area contributed by atoms with Gasteiger partial charge in [-0.25, -0.2) is 0 Å². The first kappa shape index (κ1) is 10.6. The van der Waals surface area contributed by atoms with Gasteiger partial charge in [0, 0.05) is 26.2 Å². The zero-order chi connectivity index (χ0) is 10.5. The molecule has 0 bridgehead atoms. The van der Waals surface area contributed by atoms with Gasteiger partial charge in [-0.2, -0.15) is 0 Å². The Kier molecular flexibility index (Phi) is 3.72. The summed E-state index contributed by atoms with van der Waals surface area (Å²) in [7, 11) is 0. The molecule has 1 fully saturated rings. The molecule has 1 aromatic carbocycles. The summed E-state index contributed by atoms with van der Waals surface area (Å²) in [6.07, 6.45) is 0.214. The summed E-state index contributed by atoms with van der Waals surface area (Å²) in [6.45, 7) is 4.45. The molecule has 0 saturated carbocycles. The number of morpholine rings is 1. The number of nitrogens with zero attached hydrogens (tertiary/aromatic N) is 1. The summed E-state index contributed by atoms with van der Waals surface area (Å²) < 4.78 is 5.76. The molecular weight excluding hydrogens is 188 g/mol. The molecule has 2 rings (SSSR count). The molecule has 0 aliphatic carbocycles. The van der Waals surface area contributed by atoms with Gasteiger partial charge in [-0.1, -0.05) is 30.3 Å². The van der Waals surface area contributed by atoms with Crippen molar-refractivity contribution in [1.82, 2.24) is 4.90 Å². The van der Waals surface area contributed by atoms with Crippen LogP contribution < -0.4 is 5.73 Å². The van der Waals surface area contributed by atoms with Gasteiger partial charge in [0.15, 0.2) is 0 Å². The fourth-order valence-electron chi connectivity index (χ4n) is 1.96. The lowest BCUT2D eigenvalue weighted by atomic mass is 10.1. The first-order chi connectivity index (χ1) is 7.40. The molecule has 82 valence electrons. The van der Waals surface area contributed by atoms with Gasteiger partial charge < -0.3 is 10.5 Å². The number of hydrogen-bond acceptors (Lipinski definition) is 3. The van der Waals surface area contributed by atoms with Crippen molar-refractivity contribution in [3.05, 3.63) is 35.9 Å². The second-order valence-electron chi connectivity index (χ2n) is 3.86. The monoisotopic (exact) mass is 206 g/mol. The fourth-order valence-corrected chi connectivity index (χ4v) is 1.96.